The molecule has 0 saturated heterocycles. The largest absolute Gasteiger partial charge is 0.327 e. The molecular formula is C12H25N. The summed E-state index contributed by atoms with van der Waals surface area (Å²) in [5.74, 6) is 0.824. The van der Waals surface area contributed by atoms with Gasteiger partial charge in [0.05, 0.1) is 0 Å². The lowest BCUT2D eigenvalue weighted by molar-refractivity contribution is -0.0748. The summed E-state index contributed by atoms with van der Waals surface area (Å²) in [5.41, 5.74) is 7.04. The molecule has 0 aromatic heterocycles. The third-order valence-corrected chi connectivity index (χ3v) is 4.28. The van der Waals surface area contributed by atoms with Crippen molar-refractivity contribution >= 4 is 0 Å². The maximum absolute atomic E-state index is 6.17. The van der Waals surface area contributed by atoms with Gasteiger partial charge in [-0.05, 0) is 36.0 Å². The van der Waals surface area contributed by atoms with Crippen molar-refractivity contribution in [1.29, 1.82) is 0 Å². The van der Waals surface area contributed by atoms with Crippen molar-refractivity contribution in [3.8, 4) is 0 Å². The van der Waals surface area contributed by atoms with Crippen LogP contribution in [-0.4, -0.2) is 6.04 Å². The molecule has 78 valence electrons. The molecule has 1 nitrogen and oxygen atoms in total. The highest BCUT2D eigenvalue weighted by molar-refractivity contribution is 5.07. The van der Waals surface area contributed by atoms with E-state index in [1.54, 1.807) is 0 Å². The van der Waals surface area contributed by atoms with Crippen molar-refractivity contribution in [2.45, 2.75) is 59.9 Å². The predicted octanol–water partition coefficient (Wildman–Crippen LogP) is 3.19. The Bertz CT molecular complexity index is 174. The Morgan fingerprint density at radius 3 is 1.85 bits per heavy atom. The summed E-state index contributed by atoms with van der Waals surface area (Å²) in [6.45, 7) is 11.6. The maximum atomic E-state index is 6.17. The molecule has 1 heteroatoms. The smallest absolute Gasteiger partial charge is 0.0101 e. The van der Waals surface area contributed by atoms with Crippen LogP contribution in [0, 0.1) is 16.7 Å². The first kappa shape index (κ1) is 11.0. The highest BCUT2D eigenvalue weighted by Crippen LogP contribution is 2.57. The summed E-state index contributed by atoms with van der Waals surface area (Å²) in [4.78, 5) is 0. The minimum absolute atomic E-state index is 0.432. The molecule has 0 radical (unpaired) electrons. The van der Waals surface area contributed by atoms with Crippen molar-refractivity contribution in [1.82, 2.24) is 0 Å². The Morgan fingerprint density at radius 2 is 1.69 bits per heavy atom. The Hall–Kier alpha value is -0.0400. The first-order valence-corrected chi connectivity index (χ1v) is 5.64. The Balaban J connectivity index is 2.81. The van der Waals surface area contributed by atoms with Gasteiger partial charge < -0.3 is 5.73 Å². The topological polar surface area (TPSA) is 26.0 Å². The molecule has 0 bridgehead atoms. The Kier molecular flexibility index (Phi) is 2.78. The third kappa shape index (κ3) is 1.52. The minimum atomic E-state index is 0.432. The highest BCUT2D eigenvalue weighted by atomic mass is 14.8. The standard InChI is InChI=1S/C12H25N/c1-6-12(7-2)9(8-10(12)13)11(3,4)5/h9-10H,6-8,13H2,1-5H3. The summed E-state index contributed by atoms with van der Waals surface area (Å²) in [6, 6.07) is 0.451. The summed E-state index contributed by atoms with van der Waals surface area (Å²) in [6.07, 6.45) is 3.71. The average molecular weight is 183 g/mol. The molecule has 0 aromatic carbocycles. The molecule has 0 spiro atoms. The normalized spacial score (nSPS) is 32.8. The van der Waals surface area contributed by atoms with Crippen molar-refractivity contribution in [3.05, 3.63) is 0 Å². The fourth-order valence-electron chi connectivity index (χ4n) is 3.30. The van der Waals surface area contributed by atoms with Crippen LogP contribution in [0.25, 0.3) is 0 Å². The van der Waals surface area contributed by atoms with E-state index in [1.165, 1.54) is 19.3 Å². The molecule has 2 unspecified atom stereocenters. The minimum Gasteiger partial charge on any atom is -0.327 e. The highest BCUT2D eigenvalue weighted by Gasteiger charge is 2.54. The molecule has 1 aliphatic carbocycles. The molecule has 0 aliphatic heterocycles. The second kappa shape index (κ2) is 3.27. The van der Waals surface area contributed by atoms with Crippen molar-refractivity contribution in [3.63, 3.8) is 0 Å². The lowest BCUT2D eigenvalue weighted by Crippen LogP contribution is -2.61. The van der Waals surface area contributed by atoms with Crippen LogP contribution in [-0.2, 0) is 0 Å². The van der Waals surface area contributed by atoms with Gasteiger partial charge in [-0.1, -0.05) is 34.6 Å². The number of nitrogens with two attached hydrogens (primary N) is 1. The average Bonchev–Trinajstić information content (AvgIpc) is 2.01. The van der Waals surface area contributed by atoms with E-state index >= 15 is 0 Å². The van der Waals surface area contributed by atoms with Crippen molar-refractivity contribution in [2.24, 2.45) is 22.5 Å². The van der Waals surface area contributed by atoms with Gasteiger partial charge in [0.1, 0.15) is 0 Å². The van der Waals surface area contributed by atoms with Crippen molar-refractivity contribution in [2.75, 3.05) is 0 Å². The van der Waals surface area contributed by atoms with E-state index in [-0.39, 0.29) is 0 Å². The van der Waals surface area contributed by atoms with Crippen LogP contribution in [0.2, 0.25) is 0 Å². The summed E-state index contributed by atoms with van der Waals surface area (Å²) in [5, 5.41) is 0. The van der Waals surface area contributed by atoms with Gasteiger partial charge in [0.2, 0.25) is 0 Å². The maximum Gasteiger partial charge on any atom is 0.0101 e. The van der Waals surface area contributed by atoms with Gasteiger partial charge in [-0.25, -0.2) is 0 Å². The van der Waals surface area contributed by atoms with Gasteiger partial charge in [-0.2, -0.15) is 0 Å². The molecule has 2 atom stereocenters. The van der Waals surface area contributed by atoms with Crippen LogP contribution < -0.4 is 5.73 Å². The molecule has 1 rings (SSSR count). The van der Waals surface area contributed by atoms with E-state index < -0.39 is 0 Å². The fourth-order valence-corrected chi connectivity index (χ4v) is 3.30. The Morgan fingerprint density at radius 1 is 1.23 bits per heavy atom. The molecule has 0 amide bonds. The van der Waals surface area contributed by atoms with E-state index in [0.717, 1.165) is 5.92 Å². The second-order valence-electron chi connectivity index (χ2n) is 5.70. The first-order chi connectivity index (χ1) is 5.88. The first-order valence-electron chi connectivity index (χ1n) is 5.64. The van der Waals surface area contributed by atoms with Gasteiger partial charge >= 0.3 is 0 Å². The van der Waals surface area contributed by atoms with Gasteiger partial charge in [0.15, 0.2) is 0 Å². The molecule has 0 aromatic rings. The fraction of sp³-hybridized carbons (Fsp3) is 1.00. The van der Waals surface area contributed by atoms with Crippen LogP contribution in [0.15, 0.2) is 0 Å². The molecule has 1 aliphatic rings. The van der Waals surface area contributed by atoms with Crippen LogP contribution in [0.1, 0.15) is 53.9 Å². The van der Waals surface area contributed by atoms with Crippen LogP contribution >= 0.6 is 0 Å². The third-order valence-electron chi connectivity index (χ3n) is 4.28. The van der Waals surface area contributed by atoms with Crippen LogP contribution in [0.5, 0.6) is 0 Å². The molecule has 13 heavy (non-hydrogen) atoms. The van der Waals surface area contributed by atoms with E-state index in [1.807, 2.05) is 0 Å². The zero-order valence-electron chi connectivity index (χ0n) is 9.85. The van der Waals surface area contributed by atoms with Crippen LogP contribution in [0.4, 0.5) is 0 Å². The van der Waals surface area contributed by atoms with Crippen molar-refractivity contribution < 1.29 is 0 Å². The molecule has 2 N–H and O–H groups in total. The lowest BCUT2D eigenvalue weighted by Gasteiger charge is -2.59. The van der Waals surface area contributed by atoms with E-state index in [9.17, 15) is 0 Å². The number of hydrogen-bond acceptors (Lipinski definition) is 1. The zero-order chi connectivity index (χ0) is 10.3. The van der Waals surface area contributed by atoms with Crippen LogP contribution in [0.3, 0.4) is 0 Å². The molecule has 1 saturated carbocycles. The van der Waals surface area contributed by atoms with Gasteiger partial charge in [0, 0.05) is 6.04 Å². The monoisotopic (exact) mass is 183 g/mol. The summed E-state index contributed by atoms with van der Waals surface area (Å²) >= 11 is 0. The van der Waals surface area contributed by atoms with Gasteiger partial charge in [-0.3, -0.25) is 0 Å². The van der Waals surface area contributed by atoms with E-state index in [0.29, 0.717) is 16.9 Å². The SMILES string of the molecule is CCC1(CC)C(N)CC1C(C)(C)C. The second-order valence-corrected chi connectivity index (χ2v) is 5.70. The van der Waals surface area contributed by atoms with Gasteiger partial charge in [-0.15, -0.1) is 0 Å². The quantitative estimate of drug-likeness (QED) is 0.699. The molecule has 0 heterocycles. The zero-order valence-corrected chi connectivity index (χ0v) is 9.85. The number of hydrogen-bond donors (Lipinski definition) is 1. The number of rotatable bonds is 2. The Labute approximate surface area is 83.1 Å². The molecule has 1 fully saturated rings. The molecular weight excluding hydrogens is 158 g/mol. The lowest BCUT2D eigenvalue weighted by atomic mass is 9.47. The summed E-state index contributed by atoms with van der Waals surface area (Å²) in [7, 11) is 0. The van der Waals surface area contributed by atoms with Gasteiger partial charge in [0.25, 0.3) is 0 Å². The summed E-state index contributed by atoms with van der Waals surface area (Å²) < 4.78 is 0. The predicted molar refractivity (Wildman–Crippen MR) is 58.6 cm³/mol. The van der Waals surface area contributed by atoms with E-state index in [4.69, 9.17) is 5.73 Å². The van der Waals surface area contributed by atoms with E-state index in [2.05, 4.69) is 34.6 Å².